The summed E-state index contributed by atoms with van der Waals surface area (Å²) in [6.07, 6.45) is 0. The second kappa shape index (κ2) is 7.09. The molecule has 0 atom stereocenters. The Labute approximate surface area is 126 Å². The lowest BCUT2D eigenvalue weighted by Gasteiger charge is -2.19. The van der Waals surface area contributed by atoms with E-state index in [1.807, 2.05) is 6.07 Å². The quantitative estimate of drug-likeness (QED) is 0.843. The normalized spacial score (nSPS) is 10.4. The summed E-state index contributed by atoms with van der Waals surface area (Å²) in [5.41, 5.74) is 0.803. The van der Waals surface area contributed by atoms with Gasteiger partial charge in [0.15, 0.2) is 0 Å². The van der Waals surface area contributed by atoms with Crippen molar-refractivity contribution in [2.75, 3.05) is 31.2 Å². The van der Waals surface area contributed by atoms with Crippen LogP contribution in [-0.2, 0) is 0 Å². The Hall–Kier alpha value is -2.07. The van der Waals surface area contributed by atoms with Gasteiger partial charge in [0, 0.05) is 23.7 Å². The molecule has 0 amide bonds. The first kappa shape index (κ1) is 15.3. The smallest absolute Gasteiger partial charge is 0.235 e. The van der Waals surface area contributed by atoms with E-state index >= 15 is 0 Å². The van der Waals surface area contributed by atoms with E-state index in [0.717, 1.165) is 0 Å². The molecule has 2 N–H and O–H groups in total. The zero-order valence-corrected chi connectivity index (χ0v) is 11.9. The van der Waals surface area contributed by atoms with Crippen LogP contribution in [0.4, 0.5) is 5.88 Å². The van der Waals surface area contributed by atoms with Crippen molar-refractivity contribution in [3.8, 4) is 17.5 Å². The zero-order valence-electron chi connectivity index (χ0n) is 11.2. The van der Waals surface area contributed by atoms with Gasteiger partial charge >= 0.3 is 0 Å². The summed E-state index contributed by atoms with van der Waals surface area (Å²) in [4.78, 5) is 5.71. The lowest BCUT2D eigenvalue weighted by Crippen LogP contribution is -2.29. The van der Waals surface area contributed by atoms with Crippen LogP contribution in [0.1, 0.15) is 5.69 Å². The molecule has 2 rings (SSSR count). The highest BCUT2D eigenvalue weighted by Crippen LogP contribution is 2.28. The Morgan fingerprint density at radius 1 is 1.19 bits per heavy atom. The highest BCUT2D eigenvalue weighted by atomic mass is 35.5. The summed E-state index contributed by atoms with van der Waals surface area (Å²) >= 11 is 5.83. The van der Waals surface area contributed by atoms with Crippen molar-refractivity contribution in [1.82, 2.24) is 4.98 Å². The Bertz CT molecular complexity index is 628. The van der Waals surface area contributed by atoms with Crippen LogP contribution >= 0.6 is 11.6 Å². The second-order valence-electron chi connectivity index (χ2n) is 4.23. The van der Waals surface area contributed by atoms with Crippen molar-refractivity contribution in [3.05, 3.63) is 35.0 Å². The van der Waals surface area contributed by atoms with E-state index in [0.29, 0.717) is 16.5 Å². The predicted molar refractivity (Wildman–Crippen MR) is 78.0 cm³/mol. The minimum absolute atomic E-state index is 0.113. The molecule has 0 aliphatic heterocycles. The number of nitrogens with zero attached hydrogens (tertiary/aromatic N) is 3. The first-order valence-corrected chi connectivity index (χ1v) is 6.71. The molecule has 1 aromatic carbocycles. The fourth-order valence-corrected chi connectivity index (χ4v) is 2.00. The van der Waals surface area contributed by atoms with Crippen LogP contribution in [0.5, 0.6) is 0 Å². The van der Waals surface area contributed by atoms with Gasteiger partial charge in [0.05, 0.1) is 13.2 Å². The first-order chi connectivity index (χ1) is 10.2. The number of nitriles is 1. The van der Waals surface area contributed by atoms with E-state index in [1.165, 1.54) is 0 Å². The highest BCUT2D eigenvalue weighted by Gasteiger charge is 2.19. The molecule has 0 unspecified atom stereocenters. The van der Waals surface area contributed by atoms with E-state index in [4.69, 9.17) is 31.5 Å². The monoisotopic (exact) mass is 307 g/mol. The molecule has 0 saturated heterocycles. The third kappa shape index (κ3) is 3.52. The summed E-state index contributed by atoms with van der Waals surface area (Å²) in [5.74, 6) is 0.532. The van der Waals surface area contributed by atoms with E-state index < -0.39 is 0 Å². The van der Waals surface area contributed by atoms with Crippen molar-refractivity contribution < 1.29 is 14.6 Å². The van der Waals surface area contributed by atoms with E-state index in [2.05, 4.69) is 4.98 Å². The van der Waals surface area contributed by atoms with Gasteiger partial charge in [-0.25, -0.2) is 0 Å². The molecule has 2 aromatic rings. The minimum atomic E-state index is -0.123. The number of anilines is 1. The van der Waals surface area contributed by atoms with Crippen LogP contribution in [0.25, 0.3) is 11.5 Å². The Kier molecular flexibility index (Phi) is 5.17. The third-order valence-corrected chi connectivity index (χ3v) is 3.09. The Morgan fingerprint density at radius 3 is 2.33 bits per heavy atom. The number of hydrogen-bond donors (Lipinski definition) is 2. The molecule has 110 valence electrons. The number of rotatable bonds is 6. The number of benzene rings is 1. The van der Waals surface area contributed by atoms with Crippen LogP contribution in [0.2, 0.25) is 5.02 Å². The molecule has 1 aromatic heterocycles. The number of aliphatic hydroxyl groups is 2. The molecular weight excluding hydrogens is 294 g/mol. The number of oxazole rings is 1. The van der Waals surface area contributed by atoms with Crippen LogP contribution in [0, 0.1) is 11.3 Å². The molecule has 0 aliphatic carbocycles. The molecular formula is C14H14ClN3O3. The third-order valence-electron chi connectivity index (χ3n) is 2.83. The lowest BCUT2D eigenvalue weighted by atomic mass is 10.2. The highest BCUT2D eigenvalue weighted by molar-refractivity contribution is 6.30. The molecule has 0 spiro atoms. The first-order valence-electron chi connectivity index (χ1n) is 6.33. The largest absolute Gasteiger partial charge is 0.419 e. The maximum absolute atomic E-state index is 9.16. The van der Waals surface area contributed by atoms with Gasteiger partial charge in [-0.15, -0.1) is 0 Å². The fourth-order valence-electron chi connectivity index (χ4n) is 1.87. The number of hydrogen-bond acceptors (Lipinski definition) is 6. The van der Waals surface area contributed by atoms with Gasteiger partial charge in [-0.2, -0.15) is 10.2 Å². The van der Waals surface area contributed by atoms with Crippen LogP contribution < -0.4 is 4.90 Å². The topological polar surface area (TPSA) is 93.5 Å². The van der Waals surface area contributed by atoms with Crippen molar-refractivity contribution in [3.63, 3.8) is 0 Å². The van der Waals surface area contributed by atoms with Gasteiger partial charge < -0.3 is 19.5 Å². The summed E-state index contributed by atoms with van der Waals surface area (Å²) in [6, 6.07) is 8.83. The zero-order chi connectivity index (χ0) is 15.2. The van der Waals surface area contributed by atoms with Gasteiger partial charge in [-0.1, -0.05) is 11.6 Å². The van der Waals surface area contributed by atoms with Crippen molar-refractivity contribution in [1.29, 1.82) is 5.26 Å². The second-order valence-corrected chi connectivity index (χ2v) is 4.66. The standard InChI is InChI=1S/C14H14ClN3O3/c15-11-3-1-10(2-4-11)13-17-12(9-16)14(21-13)18(5-7-19)6-8-20/h1-4,19-20H,5-8H2. The van der Waals surface area contributed by atoms with Crippen molar-refractivity contribution in [2.24, 2.45) is 0 Å². The molecule has 0 aliphatic rings. The van der Waals surface area contributed by atoms with Gasteiger partial charge in [-0.05, 0) is 24.3 Å². The molecule has 6 nitrogen and oxygen atoms in total. The van der Waals surface area contributed by atoms with Gasteiger partial charge in [-0.3, -0.25) is 0 Å². The maximum atomic E-state index is 9.16. The average Bonchev–Trinajstić information content (AvgIpc) is 2.92. The Balaban J connectivity index is 2.38. The number of halogens is 1. The Morgan fingerprint density at radius 2 is 1.81 bits per heavy atom. The van der Waals surface area contributed by atoms with Crippen LogP contribution in [0.15, 0.2) is 28.7 Å². The molecule has 7 heteroatoms. The van der Waals surface area contributed by atoms with E-state index in [9.17, 15) is 0 Å². The predicted octanol–water partition coefficient (Wildman–Crippen LogP) is 1.66. The maximum Gasteiger partial charge on any atom is 0.235 e. The molecule has 0 fully saturated rings. The number of aromatic nitrogens is 1. The van der Waals surface area contributed by atoms with Gasteiger partial charge in [0.1, 0.15) is 6.07 Å². The lowest BCUT2D eigenvalue weighted by molar-refractivity contribution is 0.277. The average molecular weight is 308 g/mol. The van der Waals surface area contributed by atoms with Crippen LogP contribution in [-0.4, -0.2) is 41.5 Å². The van der Waals surface area contributed by atoms with Gasteiger partial charge in [0.25, 0.3) is 0 Å². The SMILES string of the molecule is N#Cc1nc(-c2ccc(Cl)cc2)oc1N(CCO)CCO. The molecule has 0 saturated carbocycles. The van der Waals surface area contributed by atoms with Crippen LogP contribution in [0.3, 0.4) is 0 Å². The molecule has 1 heterocycles. The molecule has 21 heavy (non-hydrogen) atoms. The van der Waals surface area contributed by atoms with E-state index in [1.54, 1.807) is 29.2 Å². The van der Waals surface area contributed by atoms with E-state index in [-0.39, 0.29) is 37.9 Å². The summed E-state index contributed by atoms with van der Waals surface area (Å²) in [5, 5.41) is 27.9. The fraction of sp³-hybridized carbons (Fsp3) is 0.286. The van der Waals surface area contributed by atoms with Crippen molar-refractivity contribution >= 4 is 17.5 Å². The van der Waals surface area contributed by atoms with Crippen molar-refractivity contribution in [2.45, 2.75) is 0 Å². The summed E-state index contributed by atoms with van der Waals surface area (Å²) < 4.78 is 5.63. The molecule has 0 radical (unpaired) electrons. The summed E-state index contributed by atoms with van der Waals surface area (Å²) in [6.45, 7) is 0.235. The van der Waals surface area contributed by atoms with Gasteiger partial charge in [0.2, 0.25) is 17.5 Å². The number of aliphatic hydroxyl groups excluding tert-OH is 2. The molecule has 0 bridgehead atoms. The minimum Gasteiger partial charge on any atom is -0.419 e. The summed E-state index contributed by atoms with van der Waals surface area (Å²) in [7, 11) is 0.